The Kier molecular flexibility index (Phi) is 2.61. The van der Waals surface area contributed by atoms with Crippen molar-refractivity contribution < 1.29 is 4.74 Å². The third-order valence-corrected chi connectivity index (χ3v) is 3.45. The molecule has 0 spiro atoms. The van der Waals surface area contributed by atoms with E-state index in [0.717, 1.165) is 18.0 Å². The summed E-state index contributed by atoms with van der Waals surface area (Å²) in [5.41, 5.74) is 0. The number of hydrogen-bond acceptors (Lipinski definition) is 2. The zero-order valence-electron chi connectivity index (χ0n) is 8.99. The molecule has 0 bridgehead atoms. The molecule has 0 aromatic heterocycles. The van der Waals surface area contributed by atoms with Gasteiger partial charge in [0.05, 0.1) is 6.10 Å². The predicted molar refractivity (Wildman–Crippen MR) is 53.8 cm³/mol. The van der Waals surface area contributed by atoms with E-state index >= 15 is 0 Å². The Balaban J connectivity index is 1.56. The van der Waals surface area contributed by atoms with Gasteiger partial charge in [0.25, 0.3) is 0 Å². The summed E-state index contributed by atoms with van der Waals surface area (Å²) >= 11 is 0. The van der Waals surface area contributed by atoms with Crippen molar-refractivity contribution in [2.75, 3.05) is 13.7 Å². The molecule has 0 N–H and O–H groups in total. The predicted octanol–water partition coefficient (Wildman–Crippen LogP) is 1.89. The Morgan fingerprint density at radius 1 is 1.38 bits per heavy atom. The molecule has 0 aromatic carbocycles. The van der Waals surface area contributed by atoms with Crippen LogP contribution in [-0.4, -0.2) is 36.7 Å². The Labute approximate surface area is 81.3 Å². The van der Waals surface area contributed by atoms with Crippen molar-refractivity contribution in [2.45, 2.75) is 51.3 Å². The summed E-state index contributed by atoms with van der Waals surface area (Å²) < 4.78 is 5.29. The van der Waals surface area contributed by atoms with Gasteiger partial charge < -0.3 is 4.74 Å². The van der Waals surface area contributed by atoms with Crippen LogP contribution in [0.3, 0.4) is 0 Å². The normalized spacial score (nSPS) is 42.5. The van der Waals surface area contributed by atoms with Gasteiger partial charge in [0.2, 0.25) is 0 Å². The average molecular weight is 183 g/mol. The molecule has 2 fully saturated rings. The van der Waals surface area contributed by atoms with E-state index in [2.05, 4.69) is 18.7 Å². The first-order chi connectivity index (χ1) is 6.22. The fraction of sp³-hybridized carbons (Fsp3) is 1.00. The quantitative estimate of drug-likeness (QED) is 0.603. The fourth-order valence-corrected chi connectivity index (χ4v) is 2.30. The highest BCUT2D eigenvalue weighted by molar-refractivity contribution is 4.95. The van der Waals surface area contributed by atoms with Gasteiger partial charge in [-0.05, 0) is 39.0 Å². The van der Waals surface area contributed by atoms with Crippen molar-refractivity contribution in [3.63, 3.8) is 0 Å². The van der Waals surface area contributed by atoms with Crippen LogP contribution in [-0.2, 0) is 4.74 Å². The molecular formula is C11H21NO. The van der Waals surface area contributed by atoms with Gasteiger partial charge in [-0.3, -0.25) is 4.90 Å². The van der Waals surface area contributed by atoms with E-state index in [9.17, 15) is 0 Å². The van der Waals surface area contributed by atoms with Crippen LogP contribution in [0.2, 0.25) is 0 Å². The second-order valence-electron chi connectivity index (χ2n) is 4.79. The Morgan fingerprint density at radius 3 is 2.62 bits per heavy atom. The Bertz CT molecular complexity index is 181. The number of ether oxygens (including phenoxy) is 1. The molecule has 1 heterocycles. The molecular weight excluding hydrogens is 162 g/mol. The number of rotatable bonds is 5. The minimum Gasteiger partial charge on any atom is -0.381 e. The fourth-order valence-electron chi connectivity index (χ4n) is 2.30. The van der Waals surface area contributed by atoms with Gasteiger partial charge in [0, 0.05) is 25.7 Å². The SMILES string of the molecule is CO[C@@H]1C[C@H]1CC[C@@H]1CN1C(C)C. The summed E-state index contributed by atoms with van der Waals surface area (Å²) in [6.45, 7) is 5.91. The Morgan fingerprint density at radius 2 is 2.15 bits per heavy atom. The third-order valence-electron chi connectivity index (χ3n) is 3.45. The van der Waals surface area contributed by atoms with Crippen molar-refractivity contribution in [1.82, 2.24) is 4.90 Å². The maximum Gasteiger partial charge on any atom is 0.0604 e. The third kappa shape index (κ3) is 2.23. The first-order valence-electron chi connectivity index (χ1n) is 5.51. The molecule has 1 saturated heterocycles. The van der Waals surface area contributed by atoms with Gasteiger partial charge in [0.1, 0.15) is 0 Å². The van der Waals surface area contributed by atoms with Crippen LogP contribution in [0, 0.1) is 5.92 Å². The highest BCUT2D eigenvalue weighted by Gasteiger charge is 2.41. The zero-order chi connectivity index (χ0) is 9.42. The summed E-state index contributed by atoms with van der Waals surface area (Å²) in [6, 6.07) is 1.65. The number of hydrogen-bond donors (Lipinski definition) is 0. The van der Waals surface area contributed by atoms with E-state index in [0.29, 0.717) is 6.10 Å². The van der Waals surface area contributed by atoms with Crippen LogP contribution in [0.5, 0.6) is 0 Å². The topological polar surface area (TPSA) is 12.2 Å². The van der Waals surface area contributed by atoms with Crippen LogP contribution in [0.15, 0.2) is 0 Å². The molecule has 1 aliphatic heterocycles. The minimum absolute atomic E-state index is 0.603. The maximum atomic E-state index is 5.29. The molecule has 1 saturated carbocycles. The summed E-state index contributed by atoms with van der Waals surface area (Å²) in [4.78, 5) is 2.57. The lowest BCUT2D eigenvalue weighted by molar-refractivity contribution is 0.167. The van der Waals surface area contributed by atoms with Gasteiger partial charge in [0.15, 0.2) is 0 Å². The first-order valence-corrected chi connectivity index (χ1v) is 5.51. The van der Waals surface area contributed by atoms with Crippen molar-refractivity contribution >= 4 is 0 Å². The molecule has 1 unspecified atom stereocenters. The van der Waals surface area contributed by atoms with Crippen molar-refractivity contribution in [3.05, 3.63) is 0 Å². The number of methoxy groups -OCH3 is 1. The van der Waals surface area contributed by atoms with E-state index in [4.69, 9.17) is 4.74 Å². The molecule has 0 aromatic rings. The van der Waals surface area contributed by atoms with Crippen LogP contribution in [0.1, 0.15) is 33.1 Å². The first kappa shape index (κ1) is 9.47. The minimum atomic E-state index is 0.603. The standard InChI is InChI=1S/C11H21NO/c1-8(2)12-7-10(12)5-4-9-6-11(9)13-3/h8-11H,4-7H2,1-3H3/t9-,10-,11-,12?/m1/s1. The molecule has 2 heteroatoms. The summed E-state index contributed by atoms with van der Waals surface area (Å²) in [5.74, 6) is 0.889. The highest BCUT2D eigenvalue weighted by atomic mass is 16.5. The van der Waals surface area contributed by atoms with Gasteiger partial charge in [-0.25, -0.2) is 0 Å². The highest BCUT2D eigenvalue weighted by Crippen LogP contribution is 2.39. The van der Waals surface area contributed by atoms with Crippen LogP contribution in [0.25, 0.3) is 0 Å². The largest absolute Gasteiger partial charge is 0.381 e. The van der Waals surface area contributed by atoms with Gasteiger partial charge in [-0.2, -0.15) is 0 Å². The van der Waals surface area contributed by atoms with Gasteiger partial charge >= 0.3 is 0 Å². The van der Waals surface area contributed by atoms with E-state index in [1.807, 2.05) is 7.11 Å². The lowest BCUT2D eigenvalue weighted by Gasteiger charge is -2.06. The molecule has 2 aliphatic rings. The second kappa shape index (κ2) is 3.58. The van der Waals surface area contributed by atoms with E-state index in [1.165, 1.54) is 25.8 Å². The monoisotopic (exact) mass is 183 g/mol. The average Bonchev–Trinajstić information content (AvgIpc) is 2.97. The van der Waals surface area contributed by atoms with Crippen molar-refractivity contribution in [1.29, 1.82) is 0 Å². The molecule has 76 valence electrons. The lowest BCUT2D eigenvalue weighted by Crippen LogP contribution is -2.12. The van der Waals surface area contributed by atoms with E-state index in [-0.39, 0.29) is 0 Å². The molecule has 13 heavy (non-hydrogen) atoms. The molecule has 0 radical (unpaired) electrons. The molecule has 2 nitrogen and oxygen atoms in total. The van der Waals surface area contributed by atoms with Crippen LogP contribution < -0.4 is 0 Å². The summed E-state index contributed by atoms with van der Waals surface area (Å²) in [5, 5.41) is 0. The summed E-state index contributed by atoms with van der Waals surface area (Å²) in [6.07, 6.45) is 4.69. The van der Waals surface area contributed by atoms with Crippen LogP contribution in [0.4, 0.5) is 0 Å². The number of nitrogens with zero attached hydrogens (tertiary/aromatic N) is 1. The van der Waals surface area contributed by atoms with Gasteiger partial charge in [-0.1, -0.05) is 0 Å². The second-order valence-corrected chi connectivity index (χ2v) is 4.79. The van der Waals surface area contributed by atoms with Crippen molar-refractivity contribution in [3.8, 4) is 0 Å². The smallest absolute Gasteiger partial charge is 0.0604 e. The van der Waals surface area contributed by atoms with Crippen molar-refractivity contribution in [2.24, 2.45) is 5.92 Å². The zero-order valence-corrected chi connectivity index (χ0v) is 8.99. The lowest BCUT2D eigenvalue weighted by atomic mass is 10.2. The molecule has 4 atom stereocenters. The molecule has 2 rings (SSSR count). The van der Waals surface area contributed by atoms with Crippen LogP contribution >= 0.6 is 0 Å². The maximum absolute atomic E-state index is 5.29. The molecule has 0 amide bonds. The van der Waals surface area contributed by atoms with E-state index < -0.39 is 0 Å². The summed E-state index contributed by atoms with van der Waals surface area (Å²) in [7, 11) is 1.84. The van der Waals surface area contributed by atoms with E-state index in [1.54, 1.807) is 0 Å². The molecule has 1 aliphatic carbocycles. The Hall–Kier alpha value is -0.0800. The van der Waals surface area contributed by atoms with Gasteiger partial charge in [-0.15, -0.1) is 0 Å².